The Balaban J connectivity index is 1.67. The first-order valence-electron chi connectivity index (χ1n) is 7.51. The number of carbonyl (C=O) groups is 1. The van der Waals surface area contributed by atoms with E-state index in [4.69, 9.17) is 10.9 Å². The summed E-state index contributed by atoms with van der Waals surface area (Å²) in [7, 11) is 0. The van der Waals surface area contributed by atoms with E-state index in [-0.39, 0.29) is 17.8 Å². The van der Waals surface area contributed by atoms with Crippen molar-refractivity contribution in [3.63, 3.8) is 0 Å². The highest BCUT2D eigenvalue weighted by atomic mass is 16.4. The third-order valence-corrected chi connectivity index (χ3v) is 4.82. The fourth-order valence-corrected chi connectivity index (χ4v) is 3.40. The van der Waals surface area contributed by atoms with Crippen molar-refractivity contribution in [3.8, 4) is 0 Å². The largest absolute Gasteiger partial charge is 0.409 e. The summed E-state index contributed by atoms with van der Waals surface area (Å²) >= 11 is 0. The number of hydrogen-bond donors (Lipinski definition) is 3. The molecule has 2 unspecified atom stereocenters. The first kappa shape index (κ1) is 13.9. The summed E-state index contributed by atoms with van der Waals surface area (Å²) in [5.41, 5.74) is 6.24. The molecule has 1 amide bonds. The summed E-state index contributed by atoms with van der Waals surface area (Å²) in [6.45, 7) is 0. The SMILES string of the molecule is NC(=NO)C1(C(=O)NC2CC2c2ccccc2)CCCC1. The van der Waals surface area contributed by atoms with Gasteiger partial charge >= 0.3 is 0 Å². The second kappa shape index (κ2) is 5.39. The first-order valence-corrected chi connectivity index (χ1v) is 7.51. The fourth-order valence-electron chi connectivity index (χ4n) is 3.40. The summed E-state index contributed by atoms with van der Waals surface area (Å²) in [5, 5.41) is 15.2. The lowest BCUT2D eigenvalue weighted by Crippen LogP contribution is -2.49. The van der Waals surface area contributed by atoms with Gasteiger partial charge < -0.3 is 16.3 Å². The highest BCUT2D eigenvalue weighted by Crippen LogP contribution is 2.43. The van der Waals surface area contributed by atoms with Crippen molar-refractivity contribution < 1.29 is 10.0 Å². The van der Waals surface area contributed by atoms with Crippen LogP contribution in [0.1, 0.15) is 43.6 Å². The minimum Gasteiger partial charge on any atom is -0.409 e. The maximum absolute atomic E-state index is 12.6. The monoisotopic (exact) mass is 287 g/mol. The van der Waals surface area contributed by atoms with Crippen LogP contribution in [0.2, 0.25) is 0 Å². The average Bonchev–Trinajstić information content (AvgIpc) is 3.10. The van der Waals surface area contributed by atoms with Crippen LogP contribution in [0.3, 0.4) is 0 Å². The number of nitrogens with two attached hydrogens (primary N) is 1. The summed E-state index contributed by atoms with van der Waals surface area (Å²) < 4.78 is 0. The first-order chi connectivity index (χ1) is 10.2. The lowest BCUT2D eigenvalue weighted by Gasteiger charge is -2.26. The molecule has 5 heteroatoms. The molecule has 0 aliphatic heterocycles. The molecule has 2 aliphatic rings. The molecule has 2 saturated carbocycles. The van der Waals surface area contributed by atoms with Crippen molar-refractivity contribution >= 4 is 11.7 Å². The van der Waals surface area contributed by atoms with Crippen LogP contribution in [0.15, 0.2) is 35.5 Å². The molecule has 0 radical (unpaired) electrons. The van der Waals surface area contributed by atoms with Gasteiger partial charge in [-0.05, 0) is 24.8 Å². The number of nitrogens with zero attached hydrogens (tertiary/aromatic N) is 1. The number of rotatable bonds is 4. The third-order valence-electron chi connectivity index (χ3n) is 4.82. The Hall–Kier alpha value is -2.04. The number of amidine groups is 1. The number of benzene rings is 1. The second-order valence-electron chi connectivity index (χ2n) is 6.11. The molecular weight excluding hydrogens is 266 g/mol. The van der Waals surface area contributed by atoms with Gasteiger partial charge in [0.2, 0.25) is 5.91 Å². The minimum absolute atomic E-state index is 0.0504. The Kier molecular flexibility index (Phi) is 3.57. The number of hydrogen-bond acceptors (Lipinski definition) is 3. The Morgan fingerprint density at radius 1 is 1.29 bits per heavy atom. The standard InChI is InChI=1S/C16H21N3O2/c17-14(19-21)16(8-4-5-9-16)15(20)18-13-10-12(13)11-6-2-1-3-7-11/h1-3,6-7,12-13,21H,4-5,8-10H2,(H2,17,19)(H,18,20). The normalized spacial score (nSPS) is 27.3. The number of oxime groups is 1. The lowest BCUT2D eigenvalue weighted by atomic mass is 9.83. The molecule has 1 aromatic carbocycles. The molecule has 2 atom stereocenters. The summed E-state index contributed by atoms with van der Waals surface area (Å²) in [4.78, 5) is 12.6. The molecule has 2 fully saturated rings. The molecule has 2 aliphatic carbocycles. The van der Waals surface area contributed by atoms with Gasteiger partial charge in [0, 0.05) is 12.0 Å². The van der Waals surface area contributed by atoms with Crippen LogP contribution in [0, 0.1) is 5.41 Å². The molecule has 0 spiro atoms. The van der Waals surface area contributed by atoms with Gasteiger partial charge in [-0.3, -0.25) is 4.79 Å². The van der Waals surface area contributed by atoms with Crippen molar-refractivity contribution in [1.29, 1.82) is 0 Å². The molecule has 0 heterocycles. The smallest absolute Gasteiger partial charge is 0.234 e. The predicted molar refractivity (Wildman–Crippen MR) is 80.0 cm³/mol. The van der Waals surface area contributed by atoms with E-state index in [0.717, 1.165) is 19.3 Å². The Morgan fingerprint density at radius 2 is 1.95 bits per heavy atom. The quantitative estimate of drug-likeness (QED) is 0.342. The highest BCUT2D eigenvalue weighted by molar-refractivity contribution is 6.07. The van der Waals surface area contributed by atoms with Crippen LogP contribution >= 0.6 is 0 Å². The third kappa shape index (κ3) is 2.48. The molecule has 1 aromatic rings. The summed E-state index contributed by atoms with van der Waals surface area (Å²) in [5.74, 6) is 0.356. The zero-order valence-electron chi connectivity index (χ0n) is 12.0. The van der Waals surface area contributed by atoms with Gasteiger partial charge in [0.25, 0.3) is 0 Å². The minimum atomic E-state index is -0.807. The lowest BCUT2D eigenvalue weighted by molar-refractivity contribution is -0.127. The zero-order chi connectivity index (χ0) is 14.9. The van der Waals surface area contributed by atoms with Gasteiger partial charge in [-0.2, -0.15) is 0 Å². The van der Waals surface area contributed by atoms with Crippen LogP contribution in [0.5, 0.6) is 0 Å². The molecule has 112 valence electrons. The number of amides is 1. The Morgan fingerprint density at radius 3 is 2.57 bits per heavy atom. The van der Waals surface area contributed by atoms with Gasteiger partial charge in [0.15, 0.2) is 5.84 Å². The molecule has 4 N–H and O–H groups in total. The average molecular weight is 287 g/mol. The van der Waals surface area contributed by atoms with Crippen molar-refractivity contribution in [2.24, 2.45) is 16.3 Å². The second-order valence-corrected chi connectivity index (χ2v) is 6.11. The van der Waals surface area contributed by atoms with E-state index >= 15 is 0 Å². The van der Waals surface area contributed by atoms with Crippen LogP contribution in [0.4, 0.5) is 0 Å². The number of carbonyl (C=O) groups excluding carboxylic acids is 1. The maximum Gasteiger partial charge on any atom is 0.234 e. The van der Waals surface area contributed by atoms with E-state index in [1.165, 1.54) is 5.56 Å². The van der Waals surface area contributed by atoms with Gasteiger partial charge in [-0.15, -0.1) is 0 Å². The fraction of sp³-hybridized carbons (Fsp3) is 0.500. The summed E-state index contributed by atoms with van der Waals surface area (Å²) in [6, 6.07) is 10.4. The Labute approximate surface area is 124 Å². The Bertz CT molecular complexity index is 550. The molecule has 0 aromatic heterocycles. The highest BCUT2D eigenvalue weighted by Gasteiger charge is 2.49. The molecule has 0 bridgehead atoms. The van der Waals surface area contributed by atoms with Crippen molar-refractivity contribution in [2.45, 2.75) is 44.1 Å². The van der Waals surface area contributed by atoms with E-state index in [9.17, 15) is 4.79 Å². The molecule has 0 saturated heterocycles. The van der Waals surface area contributed by atoms with Crippen LogP contribution in [-0.4, -0.2) is 23.0 Å². The van der Waals surface area contributed by atoms with Crippen LogP contribution in [0.25, 0.3) is 0 Å². The van der Waals surface area contributed by atoms with E-state index in [1.807, 2.05) is 18.2 Å². The van der Waals surface area contributed by atoms with Gasteiger partial charge in [-0.25, -0.2) is 0 Å². The van der Waals surface area contributed by atoms with Crippen LogP contribution < -0.4 is 11.1 Å². The molecule has 3 rings (SSSR count). The molecular formula is C16H21N3O2. The van der Waals surface area contributed by atoms with Gasteiger partial charge in [0.1, 0.15) is 5.41 Å². The van der Waals surface area contributed by atoms with E-state index in [1.54, 1.807) is 0 Å². The molecule has 21 heavy (non-hydrogen) atoms. The number of nitrogens with one attached hydrogen (secondary N) is 1. The zero-order valence-corrected chi connectivity index (χ0v) is 12.0. The molecule has 5 nitrogen and oxygen atoms in total. The van der Waals surface area contributed by atoms with Gasteiger partial charge in [-0.1, -0.05) is 48.3 Å². The summed E-state index contributed by atoms with van der Waals surface area (Å²) in [6.07, 6.45) is 4.17. The predicted octanol–water partition coefficient (Wildman–Crippen LogP) is 1.97. The maximum atomic E-state index is 12.6. The van der Waals surface area contributed by atoms with Crippen LogP contribution in [-0.2, 0) is 4.79 Å². The van der Waals surface area contributed by atoms with E-state index in [0.29, 0.717) is 18.8 Å². The van der Waals surface area contributed by atoms with E-state index in [2.05, 4.69) is 22.6 Å². The van der Waals surface area contributed by atoms with E-state index < -0.39 is 5.41 Å². The van der Waals surface area contributed by atoms with Crippen molar-refractivity contribution in [1.82, 2.24) is 5.32 Å². The van der Waals surface area contributed by atoms with Crippen molar-refractivity contribution in [2.75, 3.05) is 0 Å². The van der Waals surface area contributed by atoms with Crippen molar-refractivity contribution in [3.05, 3.63) is 35.9 Å². The van der Waals surface area contributed by atoms with Gasteiger partial charge in [0.05, 0.1) is 0 Å². The topological polar surface area (TPSA) is 87.7 Å².